The minimum atomic E-state index is -0.787. The standard InChI is InChI=1S/C28H28Cl4N2O3/c1-2-3-13-33-28(36)25(15-19-7-5-4-6-8-19)34(17-20-9-11-22(30)23(31)14-20)27(35)18-37-26-12-10-21(29)16-24(26)32/h4-12,14,16,25H,2-3,13,15,17-18H2,1H3,(H,33,36)/t25-/m0/s1. The third-order valence-electron chi connectivity index (χ3n) is 5.68. The molecule has 0 aliphatic heterocycles. The number of unbranched alkanes of at least 4 members (excludes halogenated alkanes) is 1. The Bertz CT molecular complexity index is 1210. The number of amides is 2. The summed E-state index contributed by atoms with van der Waals surface area (Å²) in [7, 11) is 0. The Morgan fingerprint density at radius 1 is 0.892 bits per heavy atom. The maximum absolute atomic E-state index is 13.6. The average Bonchev–Trinajstić information content (AvgIpc) is 2.88. The predicted octanol–water partition coefficient (Wildman–Crippen LogP) is 7.24. The molecule has 3 aromatic rings. The topological polar surface area (TPSA) is 58.6 Å². The monoisotopic (exact) mass is 580 g/mol. The summed E-state index contributed by atoms with van der Waals surface area (Å²) in [5, 5.41) is 4.49. The molecule has 2 amide bonds. The van der Waals surface area contributed by atoms with Crippen LogP contribution in [-0.2, 0) is 22.6 Å². The number of carbonyl (C=O) groups excluding carboxylic acids is 2. The van der Waals surface area contributed by atoms with E-state index in [9.17, 15) is 9.59 Å². The second-order valence-electron chi connectivity index (χ2n) is 8.48. The average molecular weight is 582 g/mol. The van der Waals surface area contributed by atoms with Crippen molar-refractivity contribution in [1.29, 1.82) is 0 Å². The van der Waals surface area contributed by atoms with Gasteiger partial charge in [-0.05, 0) is 47.9 Å². The van der Waals surface area contributed by atoms with E-state index in [1.54, 1.807) is 30.3 Å². The van der Waals surface area contributed by atoms with Gasteiger partial charge in [0.05, 0.1) is 15.1 Å². The molecule has 1 atom stereocenters. The highest BCUT2D eigenvalue weighted by Gasteiger charge is 2.30. The lowest BCUT2D eigenvalue weighted by Crippen LogP contribution is -2.51. The van der Waals surface area contributed by atoms with Gasteiger partial charge in [0.15, 0.2) is 6.61 Å². The van der Waals surface area contributed by atoms with Crippen molar-refractivity contribution < 1.29 is 14.3 Å². The number of hydrogen-bond acceptors (Lipinski definition) is 3. The van der Waals surface area contributed by atoms with Gasteiger partial charge < -0.3 is 15.0 Å². The molecule has 0 saturated heterocycles. The van der Waals surface area contributed by atoms with Gasteiger partial charge in [0.2, 0.25) is 5.91 Å². The molecule has 0 unspecified atom stereocenters. The molecule has 9 heteroatoms. The maximum Gasteiger partial charge on any atom is 0.261 e. The van der Waals surface area contributed by atoms with Crippen LogP contribution in [-0.4, -0.2) is 35.9 Å². The number of halogens is 4. The molecule has 1 N–H and O–H groups in total. The van der Waals surface area contributed by atoms with Crippen LogP contribution in [0.25, 0.3) is 0 Å². The Kier molecular flexibility index (Phi) is 11.4. The Labute approximate surface area is 237 Å². The summed E-state index contributed by atoms with van der Waals surface area (Å²) in [6.45, 7) is 2.38. The second kappa shape index (κ2) is 14.5. The highest BCUT2D eigenvalue weighted by Crippen LogP contribution is 2.28. The van der Waals surface area contributed by atoms with Gasteiger partial charge in [-0.1, -0.05) is 96.1 Å². The summed E-state index contributed by atoms with van der Waals surface area (Å²) >= 11 is 24.5. The zero-order valence-electron chi connectivity index (χ0n) is 20.4. The minimum Gasteiger partial charge on any atom is -0.482 e. The van der Waals surface area contributed by atoms with Crippen molar-refractivity contribution in [1.82, 2.24) is 10.2 Å². The van der Waals surface area contributed by atoms with Crippen molar-refractivity contribution in [2.45, 2.75) is 38.8 Å². The van der Waals surface area contributed by atoms with Crippen LogP contribution >= 0.6 is 46.4 Å². The second-order valence-corrected chi connectivity index (χ2v) is 10.1. The first-order valence-electron chi connectivity index (χ1n) is 11.9. The number of ether oxygens (including phenoxy) is 1. The molecule has 3 rings (SSSR count). The number of rotatable bonds is 12. The highest BCUT2D eigenvalue weighted by atomic mass is 35.5. The smallest absolute Gasteiger partial charge is 0.261 e. The molecule has 0 bridgehead atoms. The molecule has 37 heavy (non-hydrogen) atoms. The van der Waals surface area contributed by atoms with Crippen LogP contribution in [0, 0.1) is 0 Å². The van der Waals surface area contributed by atoms with Crippen LogP contribution in [0.15, 0.2) is 66.7 Å². The SMILES string of the molecule is CCCCNC(=O)[C@H](Cc1ccccc1)N(Cc1ccc(Cl)c(Cl)c1)C(=O)COc1ccc(Cl)cc1Cl. The number of nitrogens with one attached hydrogen (secondary N) is 1. The Morgan fingerprint density at radius 2 is 1.65 bits per heavy atom. The molecule has 0 fully saturated rings. The molecule has 0 aliphatic carbocycles. The lowest BCUT2D eigenvalue weighted by atomic mass is 10.0. The zero-order chi connectivity index (χ0) is 26.8. The summed E-state index contributed by atoms with van der Waals surface area (Å²) in [5.74, 6) is -0.306. The van der Waals surface area contributed by atoms with Crippen LogP contribution in [0.2, 0.25) is 20.1 Å². The zero-order valence-corrected chi connectivity index (χ0v) is 23.4. The Morgan fingerprint density at radius 3 is 2.32 bits per heavy atom. The van der Waals surface area contributed by atoms with Crippen LogP contribution in [0.3, 0.4) is 0 Å². The van der Waals surface area contributed by atoms with Crippen LogP contribution in [0.1, 0.15) is 30.9 Å². The van der Waals surface area contributed by atoms with E-state index in [1.807, 2.05) is 37.3 Å². The molecule has 196 valence electrons. The molecule has 0 saturated carbocycles. The molecule has 0 aliphatic rings. The van der Waals surface area contributed by atoms with Crippen LogP contribution < -0.4 is 10.1 Å². The molecule has 3 aromatic carbocycles. The van der Waals surface area contributed by atoms with Gasteiger partial charge in [0.25, 0.3) is 5.91 Å². The van der Waals surface area contributed by atoms with E-state index < -0.39 is 6.04 Å². The molecule has 0 spiro atoms. The molecular weight excluding hydrogens is 554 g/mol. The normalized spacial score (nSPS) is 11.6. The van der Waals surface area contributed by atoms with Gasteiger partial charge in [-0.25, -0.2) is 0 Å². The van der Waals surface area contributed by atoms with Crippen LogP contribution in [0.5, 0.6) is 5.75 Å². The lowest BCUT2D eigenvalue weighted by Gasteiger charge is -2.31. The van der Waals surface area contributed by atoms with E-state index in [2.05, 4.69) is 5.32 Å². The fourth-order valence-electron chi connectivity index (χ4n) is 3.71. The third-order valence-corrected chi connectivity index (χ3v) is 6.95. The Hall–Kier alpha value is -2.44. The first-order valence-corrected chi connectivity index (χ1v) is 13.4. The van der Waals surface area contributed by atoms with Gasteiger partial charge in [0.1, 0.15) is 11.8 Å². The van der Waals surface area contributed by atoms with E-state index in [1.165, 1.54) is 11.0 Å². The summed E-state index contributed by atoms with van der Waals surface area (Å²) in [4.78, 5) is 28.5. The summed E-state index contributed by atoms with van der Waals surface area (Å²) in [6.07, 6.45) is 2.10. The van der Waals surface area contributed by atoms with Gasteiger partial charge in [-0.3, -0.25) is 9.59 Å². The van der Waals surface area contributed by atoms with Crippen molar-refractivity contribution in [3.05, 3.63) is 97.9 Å². The largest absolute Gasteiger partial charge is 0.482 e. The van der Waals surface area contributed by atoms with E-state index in [4.69, 9.17) is 51.1 Å². The van der Waals surface area contributed by atoms with Gasteiger partial charge >= 0.3 is 0 Å². The fraction of sp³-hybridized carbons (Fsp3) is 0.286. The van der Waals surface area contributed by atoms with Crippen LogP contribution in [0.4, 0.5) is 0 Å². The first-order chi connectivity index (χ1) is 17.8. The number of hydrogen-bond donors (Lipinski definition) is 1. The number of nitrogens with zero attached hydrogens (tertiary/aromatic N) is 1. The summed E-state index contributed by atoms with van der Waals surface area (Å²) < 4.78 is 5.73. The van der Waals surface area contributed by atoms with Gasteiger partial charge in [-0.15, -0.1) is 0 Å². The molecular formula is C28H28Cl4N2O3. The Balaban J connectivity index is 1.92. The van der Waals surface area contributed by atoms with Crippen molar-refractivity contribution in [2.75, 3.05) is 13.2 Å². The van der Waals surface area contributed by atoms with E-state index in [0.717, 1.165) is 24.0 Å². The van der Waals surface area contributed by atoms with E-state index >= 15 is 0 Å². The lowest BCUT2D eigenvalue weighted by molar-refractivity contribution is -0.142. The minimum absolute atomic E-state index is 0.131. The van der Waals surface area contributed by atoms with E-state index in [0.29, 0.717) is 33.8 Å². The van der Waals surface area contributed by atoms with Crippen molar-refractivity contribution in [3.8, 4) is 5.75 Å². The molecule has 0 heterocycles. The van der Waals surface area contributed by atoms with Crippen molar-refractivity contribution >= 4 is 58.2 Å². The molecule has 0 aromatic heterocycles. The van der Waals surface area contributed by atoms with Crippen molar-refractivity contribution in [2.24, 2.45) is 0 Å². The molecule has 5 nitrogen and oxygen atoms in total. The highest BCUT2D eigenvalue weighted by molar-refractivity contribution is 6.42. The number of carbonyl (C=O) groups is 2. The van der Waals surface area contributed by atoms with Crippen molar-refractivity contribution in [3.63, 3.8) is 0 Å². The fourth-order valence-corrected chi connectivity index (χ4v) is 4.49. The van der Waals surface area contributed by atoms with Gasteiger partial charge in [0, 0.05) is 24.5 Å². The molecule has 0 radical (unpaired) electrons. The summed E-state index contributed by atoms with van der Waals surface area (Å²) in [6, 6.07) is 18.7. The third kappa shape index (κ3) is 8.82. The first kappa shape index (κ1) is 29.1. The summed E-state index contributed by atoms with van der Waals surface area (Å²) in [5.41, 5.74) is 1.65. The maximum atomic E-state index is 13.6. The van der Waals surface area contributed by atoms with Gasteiger partial charge in [-0.2, -0.15) is 0 Å². The quantitative estimate of drug-likeness (QED) is 0.229. The number of benzene rings is 3. The van der Waals surface area contributed by atoms with E-state index in [-0.39, 0.29) is 30.0 Å². The predicted molar refractivity (Wildman–Crippen MR) is 151 cm³/mol.